The summed E-state index contributed by atoms with van der Waals surface area (Å²) < 4.78 is 0. The summed E-state index contributed by atoms with van der Waals surface area (Å²) in [6.45, 7) is 4.58. The molecule has 1 aliphatic heterocycles. The Labute approximate surface area is 249 Å². The fourth-order valence-electron chi connectivity index (χ4n) is 6.33. The molecular formula is C39H35N3. The summed E-state index contributed by atoms with van der Waals surface area (Å²) in [5.74, 6) is 0. The van der Waals surface area contributed by atoms with E-state index in [2.05, 4.69) is 180 Å². The number of nitrogens with zero attached hydrogens (tertiary/aromatic N) is 3. The van der Waals surface area contributed by atoms with Gasteiger partial charge in [-0.25, -0.2) is 0 Å². The minimum absolute atomic E-state index is 0.0271. The van der Waals surface area contributed by atoms with E-state index >= 15 is 0 Å². The van der Waals surface area contributed by atoms with Crippen LogP contribution in [0.1, 0.15) is 32.3 Å². The molecule has 5 aromatic carbocycles. The molecule has 206 valence electrons. The van der Waals surface area contributed by atoms with Crippen molar-refractivity contribution in [3.05, 3.63) is 163 Å². The van der Waals surface area contributed by atoms with E-state index in [1.54, 1.807) is 0 Å². The molecule has 0 spiro atoms. The highest BCUT2D eigenvalue weighted by Gasteiger charge is 2.42. The molecule has 7 rings (SSSR count). The van der Waals surface area contributed by atoms with Gasteiger partial charge in [-0.2, -0.15) is 0 Å². The quantitative estimate of drug-likeness (QED) is 0.201. The summed E-state index contributed by atoms with van der Waals surface area (Å²) in [4.78, 5) is 7.10. The number of hydrogen-bond donors (Lipinski definition) is 0. The van der Waals surface area contributed by atoms with Crippen molar-refractivity contribution in [3.8, 4) is 0 Å². The van der Waals surface area contributed by atoms with E-state index in [9.17, 15) is 0 Å². The summed E-state index contributed by atoms with van der Waals surface area (Å²) in [6.07, 6.45) is 8.99. The van der Waals surface area contributed by atoms with Crippen molar-refractivity contribution >= 4 is 39.8 Å². The molecule has 2 aliphatic rings. The Morgan fingerprint density at radius 1 is 0.524 bits per heavy atom. The SMILES string of the molecule is CC1(C)c2ccccc2N1c1ccc(N(c2ccccc2)c2ccc(N(C3=CCCC=C3)c3ccccc3)cc2)cc1. The van der Waals surface area contributed by atoms with Crippen LogP contribution in [0.3, 0.4) is 0 Å². The lowest BCUT2D eigenvalue weighted by molar-refractivity contribution is 0.485. The standard InChI is InChI=1S/C39H35N3/c1-39(2)37-20-12-13-21-38(37)42(39)36-28-26-35(27-29-36)41(32-18-10-5-11-19-32)34-24-22-33(23-25-34)40(30-14-6-3-7-15-30)31-16-8-4-9-17-31/h3,5-8,10-29H,4,9H2,1-2H3. The summed E-state index contributed by atoms with van der Waals surface area (Å²) in [7, 11) is 0. The van der Waals surface area contributed by atoms with Crippen molar-refractivity contribution in [2.45, 2.75) is 32.2 Å². The minimum Gasteiger partial charge on any atom is -0.331 e. The van der Waals surface area contributed by atoms with Gasteiger partial charge in [-0.1, -0.05) is 66.7 Å². The van der Waals surface area contributed by atoms with Crippen LogP contribution in [-0.2, 0) is 5.54 Å². The third-order valence-corrected chi connectivity index (χ3v) is 8.36. The third-order valence-electron chi connectivity index (χ3n) is 8.36. The Hall–Kier alpha value is -5.02. The van der Waals surface area contributed by atoms with Crippen LogP contribution >= 0.6 is 0 Å². The number of para-hydroxylation sites is 3. The summed E-state index contributed by atoms with van der Waals surface area (Å²) >= 11 is 0. The van der Waals surface area contributed by atoms with Crippen LogP contribution in [0.2, 0.25) is 0 Å². The van der Waals surface area contributed by atoms with Crippen LogP contribution in [0.25, 0.3) is 0 Å². The van der Waals surface area contributed by atoms with Gasteiger partial charge in [0.1, 0.15) is 0 Å². The molecule has 0 bridgehead atoms. The first-order valence-electron chi connectivity index (χ1n) is 14.8. The second-order valence-corrected chi connectivity index (χ2v) is 11.4. The van der Waals surface area contributed by atoms with Gasteiger partial charge in [-0.3, -0.25) is 0 Å². The molecule has 5 aromatic rings. The molecule has 1 heterocycles. The average Bonchev–Trinajstić information content (AvgIpc) is 3.04. The lowest BCUT2D eigenvalue weighted by Gasteiger charge is -2.51. The van der Waals surface area contributed by atoms with Crippen molar-refractivity contribution in [1.82, 2.24) is 0 Å². The van der Waals surface area contributed by atoms with Gasteiger partial charge in [-0.05, 0) is 112 Å². The van der Waals surface area contributed by atoms with E-state index in [1.807, 2.05) is 0 Å². The number of anilines is 7. The predicted molar refractivity (Wildman–Crippen MR) is 178 cm³/mol. The van der Waals surface area contributed by atoms with E-state index in [0.29, 0.717) is 0 Å². The molecule has 3 heteroatoms. The topological polar surface area (TPSA) is 9.72 Å². The molecule has 1 aliphatic carbocycles. The van der Waals surface area contributed by atoms with Crippen molar-refractivity contribution in [3.63, 3.8) is 0 Å². The van der Waals surface area contributed by atoms with Crippen LogP contribution in [0.5, 0.6) is 0 Å². The van der Waals surface area contributed by atoms with Gasteiger partial charge >= 0.3 is 0 Å². The Kier molecular flexibility index (Phi) is 6.64. The second kappa shape index (κ2) is 10.8. The smallest absolute Gasteiger partial charge is 0.0666 e. The molecule has 0 fully saturated rings. The van der Waals surface area contributed by atoms with Crippen molar-refractivity contribution in [2.24, 2.45) is 0 Å². The van der Waals surface area contributed by atoms with Crippen LogP contribution in [0, 0.1) is 0 Å². The van der Waals surface area contributed by atoms with Crippen LogP contribution < -0.4 is 14.7 Å². The van der Waals surface area contributed by atoms with Gasteiger partial charge in [0.25, 0.3) is 0 Å². The first kappa shape index (κ1) is 25.9. The lowest BCUT2D eigenvalue weighted by Crippen LogP contribution is -2.47. The lowest BCUT2D eigenvalue weighted by atomic mass is 9.81. The number of fused-ring (bicyclic) bond motifs is 1. The molecule has 0 saturated heterocycles. The molecule has 0 radical (unpaired) electrons. The van der Waals surface area contributed by atoms with Crippen molar-refractivity contribution < 1.29 is 0 Å². The van der Waals surface area contributed by atoms with E-state index < -0.39 is 0 Å². The monoisotopic (exact) mass is 545 g/mol. The van der Waals surface area contributed by atoms with E-state index in [0.717, 1.165) is 41.3 Å². The van der Waals surface area contributed by atoms with Gasteiger partial charge in [0.15, 0.2) is 0 Å². The first-order chi connectivity index (χ1) is 20.6. The number of rotatable bonds is 7. The van der Waals surface area contributed by atoms with Crippen LogP contribution in [0.15, 0.2) is 157 Å². The van der Waals surface area contributed by atoms with E-state index in [4.69, 9.17) is 0 Å². The van der Waals surface area contributed by atoms with Crippen molar-refractivity contribution in [1.29, 1.82) is 0 Å². The Morgan fingerprint density at radius 3 is 1.62 bits per heavy atom. The predicted octanol–water partition coefficient (Wildman–Crippen LogP) is 10.9. The molecule has 0 aromatic heterocycles. The van der Waals surface area contributed by atoms with Crippen LogP contribution in [-0.4, -0.2) is 0 Å². The summed E-state index contributed by atoms with van der Waals surface area (Å²) in [6, 6.07) is 47.8. The van der Waals surface area contributed by atoms with Gasteiger partial charge in [0.2, 0.25) is 0 Å². The molecule has 0 unspecified atom stereocenters. The Morgan fingerprint density at radius 2 is 1.02 bits per heavy atom. The Bertz CT molecular complexity index is 1730. The molecule has 0 amide bonds. The maximum Gasteiger partial charge on any atom is 0.0666 e. The molecule has 3 nitrogen and oxygen atoms in total. The zero-order valence-electron chi connectivity index (χ0n) is 24.2. The van der Waals surface area contributed by atoms with Gasteiger partial charge in [0.05, 0.1) is 5.54 Å². The summed E-state index contributed by atoms with van der Waals surface area (Å²) in [5, 5.41) is 0. The Balaban J connectivity index is 1.24. The van der Waals surface area contributed by atoms with E-state index in [1.165, 1.54) is 22.6 Å². The largest absolute Gasteiger partial charge is 0.331 e. The minimum atomic E-state index is -0.0271. The number of allylic oxidation sites excluding steroid dienone is 3. The number of benzene rings is 5. The van der Waals surface area contributed by atoms with Crippen molar-refractivity contribution in [2.75, 3.05) is 14.7 Å². The second-order valence-electron chi connectivity index (χ2n) is 11.4. The zero-order valence-corrected chi connectivity index (χ0v) is 24.2. The first-order valence-corrected chi connectivity index (χ1v) is 14.8. The molecule has 0 N–H and O–H groups in total. The van der Waals surface area contributed by atoms with Crippen LogP contribution in [0.4, 0.5) is 39.8 Å². The maximum absolute atomic E-state index is 2.43. The van der Waals surface area contributed by atoms with Gasteiger partial charge in [-0.15, -0.1) is 0 Å². The third kappa shape index (κ3) is 4.57. The average molecular weight is 546 g/mol. The number of hydrogen-bond acceptors (Lipinski definition) is 3. The molecular weight excluding hydrogens is 510 g/mol. The molecule has 0 saturated carbocycles. The zero-order chi connectivity index (χ0) is 28.5. The van der Waals surface area contributed by atoms with E-state index in [-0.39, 0.29) is 5.54 Å². The fraction of sp³-hybridized carbons (Fsp3) is 0.128. The molecule has 42 heavy (non-hydrogen) atoms. The molecule has 0 atom stereocenters. The van der Waals surface area contributed by atoms with Gasteiger partial charge in [0, 0.05) is 51.1 Å². The van der Waals surface area contributed by atoms with Gasteiger partial charge < -0.3 is 14.7 Å². The maximum atomic E-state index is 2.43. The highest BCUT2D eigenvalue weighted by molar-refractivity contribution is 5.83. The fourth-order valence-corrected chi connectivity index (χ4v) is 6.33. The highest BCUT2D eigenvalue weighted by Crippen LogP contribution is 2.52. The summed E-state index contributed by atoms with van der Waals surface area (Å²) in [5.41, 5.74) is 10.8. The normalized spacial score (nSPS) is 14.9. The highest BCUT2D eigenvalue weighted by atomic mass is 15.3.